The minimum absolute atomic E-state index is 0.459. The van der Waals surface area contributed by atoms with Crippen molar-refractivity contribution in [3.63, 3.8) is 0 Å². The van der Waals surface area contributed by atoms with Gasteiger partial charge in [-0.2, -0.15) is 0 Å². The van der Waals surface area contributed by atoms with Gasteiger partial charge in [-0.3, -0.25) is 0 Å². The summed E-state index contributed by atoms with van der Waals surface area (Å²) < 4.78 is 6.49. The van der Waals surface area contributed by atoms with Crippen LogP contribution >= 0.6 is 0 Å². The molecular weight excluding hydrogens is 609 g/mol. The van der Waals surface area contributed by atoms with E-state index in [1.54, 1.807) is 0 Å². The highest BCUT2D eigenvalue weighted by atomic mass is 16.5. The Labute approximate surface area is 291 Å². The van der Waals surface area contributed by atoms with E-state index in [1.807, 2.05) is 36.4 Å². The van der Waals surface area contributed by atoms with E-state index in [-0.39, 0.29) is 0 Å². The van der Waals surface area contributed by atoms with Crippen molar-refractivity contribution in [3.05, 3.63) is 204 Å². The van der Waals surface area contributed by atoms with Crippen molar-refractivity contribution < 1.29 is 4.74 Å². The molecule has 0 radical (unpaired) electrons. The summed E-state index contributed by atoms with van der Waals surface area (Å²) in [5.41, 5.74) is 14.2. The summed E-state index contributed by atoms with van der Waals surface area (Å²) >= 11 is 0. The van der Waals surface area contributed by atoms with Gasteiger partial charge in [-0.15, -0.1) is 0 Å². The lowest BCUT2D eigenvalue weighted by Gasteiger charge is -2.39. The maximum Gasteiger partial charge on any atom is 0.160 e. The molecule has 8 aromatic rings. The summed E-state index contributed by atoms with van der Waals surface area (Å²) in [6.07, 6.45) is 0. The molecule has 3 nitrogen and oxygen atoms in total. The Hall–Kier alpha value is -6.58. The quantitative estimate of drug-likeness (QED) is 0.192. The molecule has 50 heavy (non-hydrogen) atoms. The van der Waals surface area contributed by atoms with E-state index in [0.717, 1.165) is 45.1 Å². The molecule has 0 atom stereocenters. The Morgan fingerprint density at radius 1 is 0.340 bits per heavy atom. The number of benzene rings is 7. The third kappa shape index (κ3) is 4.30. The molecule has 0 saturated carbocycles. The zero-order valence-electron chi connectivity index (χ0n) is 27.1. The molecule has 1 aromatic heterocycles. The largest absolute Gasteiger partial charge is 0.457 e. The Kier molecular flexibility index (Phi) is 6.40. The van der Waals surface area contributed by atoms with Crippen LogP contribution in [0.3, 0.4) is 0 Å². The van der Waals surface area contributed by atoms with Gasteiger partial charge in [0.25, 0.3) is 0 Å². The van der Waals surface area contributed by atoms with Gasteiger partial charge in [-0.1, -0.05) is 158 Å². The van der Waals surface area contributed by atoms with Gasteiger partial charge in [0, 0.05) is 27.8 Å². The van der Waals surface area contributed by atoms with Crippen molar-refractivity contribution in [1.82, 2.24) is 9.97 Å². The van der Waals surface area contributed by atoms with Crippen LogP contribution in [0, 0.1) is 0 Å². The van der Waals surface area contributed by atoms with E-state index >= 15 is 0 Å². The van der Waals surface area contributed by atoms with Crippen LogP contribution in [0.5, 0.6) is 11.5 Å². The van der Waals surface area contributed by atoms with Crippen LogP contribution in [-0.4, -0.2) is 9.97 Å². The van der Waals surface area contributed by atoms with E-state index < -0.39 is 5.41 Å². The number of aromatic nitrogens is 2. The van der Waals surface area contributed by atoms with Crippen LogP contribution < -0.4 is 4.74 Å². The van der Waals surface area contributed by atoms with Crippen molar-refractivity contribution in [3.8, 4) is 67.7 Å². The van der Waals surface area contributed by atoms with Gasteiger partial charge in [-0.25, -0.2) is 9.97 Å². The van der Waals surface area contributed by atoms with Crippen molar-refractivity contribution in [2.75, 3.05) is 0 Å². The zero-order chi connectivity index (χ0) is 33.1. The third-order valence-corrected chi connectivity index (χ3v) is 10.2. The summed E-state index contributed by atoms with van der Waals surface area (Å²) in [7, 11) is 0. The Morgan fingerprint density at radius 3 is 1.48 bits per heavy atom. The van der Waals surface area contributed by atoms with Crippen LogP contribution in [0.2, 0.25) is 0 Å². The highest BCUT2D eigenvalue weighted by Crippen LogP contribution is 2.62. The molecule has 2 aliphatic rings. The summed E-state index contributed by atoms with van der Waals surface area (Å²) in [5.74, 6) is 2.53. The standard InChI is InChI=1S/C47H30N2O/c1-3-13-32(14-4-1)42-30-43(49-46(48-42)34-15-5-2-6-16-34)33-25-23-31(24-26-33)35-27-28-39-37(29-35)36-17-7-8-18-38(36)47(39)40-19-9-11-21-44(40)50-45-22-12-10-20-41(45)47/h1-30H. The lowest BCUT2D eigenvalue weighted by atomic mass is 9.66. The average molecular weight is 639 g/mol. The molecule has 1 spiro atoms. The van der Waals surface area contributed by atoms with Gasteiger partial charge in [0.1, 0.15) is 11.5 Å². The number of hydrogen-bond acceptors (Lipinski definition) is 3. The molecule has 0 amide bonds. The number of fused-ring (bicyclic) bond motifs is 9. The number of ether oxygens (including phenoxy) is 1. The van der Waals surface area contributed by atoms with Crippen LogP contribution in [0.1, 0.15) is 22.3 Å². The van der Waals surface area contributed by atoms with Crippen molar-refractivity contribution in [2.45, 2.75) is 5.41 Å². The molecule has 0 N–H and O–H groups in total. The summed E-state index contributed by atoms with van der Waals surface area (Å²) in [6, 6.07) is 64.2. The lowest BCUT2D eigenvalue weighted by molar-refractivity contribution is 0.436. The summed E-state index contributed by atoms with van der Waals surface area (Å²) in [5, 5.41) is 0. The molecule has 0 unspecified atom stereocenters. The summed E-state index contributed by atoms with van der Waals surface area (Å²) in [4.78, 5) is 10.00. The highest BCUT2D eigenvalue weighted by molar-refractivity contribution is 5.90. The number of nitrogens with zero attached hydrogens (tertiary/aromatic N) is 2. The van der Waals surface area contributed by atoms with Crippen molar-refractivity contribution >= 4 is 0 Å². The van der Waals surface area contributed by atoms with Gasteiger partial charge in [0.2, 0.25) is 0 Å². The first-order valence-electron chi connectivity index (χ1n) is 17.0. The molecule has 1 aliphatic carbocycles. The Bertz CT molecular complexity index is 2450. The second-order valence-electron chi connectivity index (χ2n) is 12.9. The first kappa shape index (κ1) is 28.4. The van der Waals surface area contributed by atoms with E-state index in [4.69, 9.17) is 14.7 Å². The first-order valence-corrected chi connectivity index (χ1v) is 17.0. The lowest BCUT2D eigenvalue weighted by Crippen LogP contribution is -2.32. The minimum atomic E-state index is -0.459. The fourth-order valence-electron chi connectivity index (χ4n) is 7.94. The topological polar surface area (TPSA) is 35.0 Å². The van der Waals surface area contributed by atoms with Crippen molar-refractivity contribution in [1.29, 1.82) is 0 Å². The maximum atomic E-state index is 6.49. The van der Waals surface area contributed by atoms with Gasteiger partial charge >= 0.3 is 0 Å². The fraction of sp³-hybridized carbons (Fsp3) is 0.0213. The van der Waals surface area contributed by atoms with Crippen molar-refractivity contribution in [2.24, 2.45) is 0 Å². The van der Waals surface area contributed by atoms with Crippen LogP contribution in [-0.2, 0) is 5.41 Å². The molecule has 10 rings (SSSR count). The molecule has 1 aliphatic heterocycles. The smallest absolute Gasteiger partial charge is 0.160 e. The van der Waals surface area contributed by atoms with Gasteiger partial charge in [0.05, 0.1) is 16.8 Å². The number of para-hydroxylation sites is 2. The molecular formula is C47H30N2O. The number of rotatable bonds is 4. The zero-order valence-corrected chi connectivity index (χ0v) is 27.1. The molecule has 0 saturated heterocycles. The van der Waals surface area contributed by atoms with Gasteiger partial charge in [-0.05, 0) is 57.6 Å². The monoisotopic (exact) mass is 638 g/mol. The molecule has 0 bridgehead atoms. The van der Waals surface area contributed by atoms with Gasteiger partial charge < -0.3 is 4.74 Å². The van der Waals surface area contributed by atoms with Gasteiger partial charge in [0.15, 0.2) is 5.82 Å². The van der Waals surface area contributed by atoms with Crippen LogP contribution in [0.25, 0.3) is 56.2 Å². The molecule has 234 valence electrons. The predicted octanol–water partition coefficient (Wildman–Crippen LogP) is 11.6. The molecule has 0 fully saturated rings. The molecule has 3 heteroatoms. The summed E-state index contributed by atoms with van der Waals surface area (Å²) in [6.45, 7) is 0. The van der Waals surface area contributed by atoms with E-state index in [0.29, 0.717) is 5.82 Å². The van der Waals surface area contributed by atoms with Crippen LogP contribution in [0.15, 0.2) is 182 Å². The fourth-order valence-corrected chi connectivity index (χ4v) is 7.94. The molecule has 7 aromatic carbocycles. The molecule has 2 heterocycles. The second-order valence-corrected chi connectivity index (χ2v) is 12.9. The van der Waals surface area contributed by atoms with E-state index in [9.17, 15) is 0 Å². The Morgan fingerprint density at radius 2 is 0.820 bits per heavy atom. The number of hydrogen-bond donors (Lipinski definition) is 0. The second kappa shape index (κ2) is 11.3. The normalized spacial score (nSPS) is 13.1. The minimum Gasteiger partial charge on any atom is -0.457 e. The maximum absolute atomic E-state index is 6.49. The SMILES string of the molecule is c1ccc(-c2cc(-c3ccc(-c4ccc5c(c4)-c4ccccc4C54c5ccccc5Oc5ccccc54)cc3)nc(-c3ccccc3)n2)cc1. The van der Waals surface area contributed by atoms with Crippen LogP contribution in [0.4, 0.5) is 0 Å². The van der Waals surface area contributed by atoms with E-state index in [2.05, 4.69) is 146 Å². The van der Waals surface area contributed by atoms with E-state index in [1.165, 1.54) is 38.9 Å². The first-order chi connectivity index (χ1) is 24.8. The third-order valence-electron chi connectivity index (χ3n) is 10.2. The predicted molar refractivity (Wildman–Crippen MR) is 201 cm³/mol. The average Bonchev–Trinajstić information content (AvgIpc) is 3.48. The Balaban J connectivity index is 1.09. The highest BCUT2D eigenvalue weighted by Gasteiger charge is 2.50.